The Morgan fingerprint density at radius 1 is 0.893 bits per heavy atom. The summed E-state index contributed by atoms with van der Waals surface area (Å²) in [5.74, 6) is 0.676. The molecule has 0 unspecified atom stereocenters. The lowest BCUT2D eigenvalue weighted by atomic mass is 9.84. The van der Waals surface area contributed by atoms with Crippen LogP contribution in [-0.2, 0) is 4.79 Å². The lowest BCUT2D eigenvalue weighted by Crippen LogP contribution is -2.48. The molecule has 0 radical (unpaired) electrons. The number of carbonyl (C=O) groups excluding carboxylic acids is 2. The normalized spacial score (nSPS) is 28.3. The van der Waals surface area contributed by atoms with Crippen LogP contribution in [0.5, 0.6) is 0 Å². The molecule has 1 atom stereocenters. The molecular weight excluding hydrogens is 352 g/mol. The van der Waals surface area contributed by atoms with Crippen LogP contribution in [0.3, 0.4) is 0 Å². The molecule has 6 nitrogen and oxygen atoms in total. The van der Waals surface area contributed by atoms with E-state index < -0.39 is 6.04 Å². The smallest absolute Gasteiger partial charge is 0.315 e. The van der Waals surface area contributed by atoms with Gasteiger partial charge in [0.15, 0.2) is 0 Å². The number of hydrogen-bond donors (Lipinski definition) is 4. The molecule has 1 heterocycles. The van der Waals surface area contributed by atoms with Crippen molar-refractivity contribution in [2.45, 2.75) is 81.8 Å². The van der Waals surface area contributed by atoms with Gasteiger partial charge in [-0.15, -0.1) is 0 Å². The molecular formula is C22H32N4O2. The first-order valence-corrected chi connectivity index (χ1v) is 10.9. The highest BCUT2D eigenvalue weighted by Gasteiger charge is 2.29. The first kappa shape index (κ1) is 19.1. The summed E-state index contributed by atoms with van der Waals surface area (Å²) in [7, 11) is 0. The fraction of sp³-hybridized carbons (Fsp3) is 0.636. The number of nitrogens with one attached hydrogen (secondary N) is 4. The number of hydrogen-bond acceptors (Lipinski definition) is 3. The predicted octanol–water partition coefficient (Wildman–Crippen LogP) is 3.26. The van der Waals surface area contributed by atoms with E-state index in [0.29, 0.717) is 12.6 Å². The Balaban J connectivity index is 1.21. The number of urea groups is 1. The van der Waals surface area contributed by atoms with Crippen LogP contribution in [0, 0.1) is 0 Å². The molecule has 3 fully saturated rings. The molecule has 1 saturated heterocycles. The maximum absolute atomic E-state index is 12.2. The van der Waals surface area contributed by atoms with Crippen molar-refractivity contribution in [3.63, 3.8) is 0 Å². The monoisotopic (exact) mass is 384 g/mol. The van der Waals surface area contributed by atoms with Crippen LogP contribution < -0.4 is 21.3 Å². The molecule has 2 saturated carbocycles. The summed E-state index contributed by atoms with van der Waals surface area (Å²) in [6.07, 6.45) is 10.8. The SMILES string of the molecule is O=C1NC[C@H](C(=O)NC2CCC(Nc3ccc(C4CCCCC4)cc3)CC2)N1. The zero-order valence-corrected chi connectivity index (χ0v) is 16.5. The van der Waals surface area contributed by atoms with E-state index in [9.17, 15) is 9.59 Å². The van der Waals surface area contributed by atoms with Crippen molar-refractivity contribution in [3.05, 3.63) is 29.8 Å². The molecule has 6 heteroatoms. The molecule has 1 aliphatic heterocycles. The van der Waals surface area contributed by atoms with Gasteiger partial charge in [0.25, 0.3) is 0 Å². The van der Waals surface area contributed by atoms with Crippen LogP contribution in [0.25, 0.3) is 0 Å². The Labute approximate surface area is 167 Å². The minimum absolute atomic E-state index is 0.0759. The molecule has 4 rings (SSSR count). The topological polar surface area (TPSA) is 82.3 Å². The van der Waals surface area contributed by atoms with E-state index in [1.165, 1.54) is 43.4 Å². The summed E-state index contributed by atoms with van der Waals surface area (Å²) in [4.78, 5) is 23.4. The van der Waals surface area contributed by atoms with E-state index in [-0.39, 0.29) is 18.0 Å². The third-order valence-corrected chi connectivity index (χ3v) is 6.52. The van der Waals surface area contributed by atoms with Crippen molar-refractivity contribution in [1.29, 1.82) is 0 Å². The van der Waals surface area contributed by atoms with Gasteiger partial charge in [0.05, 0.1) is 0 Å². The van der Waals surface area contributed by atoms with Gasteiger partial charge in [-0.2, -0.15) is 0 Å². The van der Waals surface area contributed by atoms with E-state index >= 15 is 0 Å². The Morgan fingerprint density at radius 2 is 1.57 bits per heavy atom. The van der Waals surface area contributed by atoms with Gasteiger partial charge < -0.3 is 21.3 Å². The highest BCUT2D eigenvalue weighted by molar-refractivity contribution is 5.90. The van der Waals surface area contributed by atoms with Crippen LogP contribution in [0.1, 0.15) is 69.3 Å². The minimum atomic E-state index is -0.439. The molecule has 1 aromatic carbocycles. The summed E-state index contributed by atoms with van der Waals surface area (Å²) >= 11 is 0. The van der Waals surface area contributed by atoms with Gasteiger partial charge in [0.2, 0.25) is 5.91 Å². The maximum Gasteiger partial charge on any atom is 0.315 e. The lowest BCUT2D eigenvalue weighted by molar-refractivity contribution is -0.123. The van der Waals surface area contributed by atoms with Gasteiger partial charge in [0, 0.05) is 24.3 Å². The summed E-state index contributed by atoms with van der Waals surface area (Å²) in [5, 5.41) is 12.0. The molecule has 4 N–H and O–H groups in total. The van der Waals surface area contributed by atoms with Crippen LogP contribution in [0.4, 0.5) is 10.5 Å². The van der Waals surface area contributed by atoms with E-state index in [0.717, 1.165) is 31.6 Å². The molecule has 0 bridgehead atoms. The summed E-state index contributed by atoms with van der Waals surface area (Å²) in [6, 6.07) is 9.02. The summed E-state index contributed by atoms with van der Waals surface area (Å²) in [6.45, 7) is 0.373. The number of amides is 3. The fourth-order valence-electron chi connectivity index (χ4n) is 4.82. The molecule has 28 heavy (non-hydrogen) atoms. The average Bonchev–Trinajstić information content (AvgIpc) is 3.17. The van der Waals surface area contributed by atoms with Crippen molar-refractivity contribution >= 4 is 17.6 Å². The Morgan fingerprint density at radius 3 is 2.21 bits per heavy atom. The van der Waals surface area contributed by atoms with Gasteiger partial charge in [-0.05, 0) is 62.1 Å². The van der Waals surface area contributed by atoms with Crippen LogP contribution in [-0.4, -0.2) is 36.6 Å². The maximum atomic E-state index is 12.2. The number of rotatable bonds is 5. The molecule has 2 aliphatic carbocycles. The average molecular weight is 385 g/mol. The summed E-state index contributed by atoms with van der Waals surface area (Å²) in [5.41, 5.74) is 2.69. The molecule has 0 aromatic heterocycles. The zero-order valence-electron chi connectivity index (χ0n) is 16.5. The second-order valence-corrected chi connectivity index (χ2v) is 8.57. The van der Waals surface area contributed by atoms with Gasteiger partial charge in [-0.25, -0.2) is 4.79 Å². The van der Waals surface area contributed by atoms with E-state index in [1.807, 2.05) is 0 Å². The zero-order chi connectivity index (χ0) is 19.3. The second-order valence-electron chi connectivity index (χ2n) is 8.57. The third kappa shape index (κ3) is 4.78. The summed E-state index contributed by atoms with van der Waals surface area (Å²) < 4.78 is 0. The second kappa shape index (κ2) is 8.84. The van der Waals surface area contributed by atoms with E-state index in [1.54, 1.807) is 0 Å². The molecule has 3 aliphatic rings. The number of benzene rings is 1. The van der Waals surface area contributed by atoms with Crippen molar-refractivity contribution in [2.24, 2.45) is 0 Å². The Bertz CT molecular complexity index is 676. The molecule has 152 valence electrons. The Hall–Kier alpha value is -2.24. The van der Waals surface area contributed by atoms with E-state index in [2.05, 4.69) is 45.5 Å². The van der Waals surface area contributed by atoms with E-state index in [4.69, 9.17) is 0 Å². The van der Waals surface area contributed by atoms with Crippen molar-refractivity contribution in [3.8, 4) is 0 Å². The van der Waals surface area contributed by atoms with Crippen molar-refractivity contribution < 1.29 is 9.59 Å². The fourth-order valence-corrected chi connectivity index (χ4v) is 4.82. The largest absolute Gasteiger partial charge is 0.382 e. The predicted molar refractivity (Wildman–Crippen MR) is 110 cm³/mol. The molecule has 0 spiro atoms. The van der Waals surface area contributed by atoms with Crippen molar-refractivity contribution in [2.75, 3.05) is 11.9 Å². The molecule has 1 aromatic rings. The van der Waals surface area contributed by atoms with Crippen molar-refractivity contribution in [1.82, 2.24) is 16.0 Å². The number of anilines is 1. The van der Waals surface area contributed by atoms with Gasteiger partial charge >= 0.3 is 6.03 Å². The van der Waals surface area contributed by atoms with Gasteiger partial charge in [-0.3, -0.25) is 4.79 Å². The quantitative estimate of drug-likeness (QED) is 0.629. The molecule has 3 amide bonds. The highest BCUT2D eigenvalue weighted by Crippen LogP contribution is 2.33. The van der Waals surface area contributed by atoms with Gasteiger partial charge in [-0.1, -0.05) is 31.4 Å². The first-order valence-electron chi connectivity index (χ1n) is 10.9. The first-order chi connectivity index (χ1) is 13.7. The minimum Gasteiger partial charge on any atom is -0.382 e. The number of carbonyl (C=O) groups is 2. The highest BCUT2D eigenvalue weighted by atomic mass is 16.2. The van der Waals surface area contributed by atoms with Crippen LogP contribution in [0.2, 0.25) is 0 Å². The van der Waals surface area contributed by atoms with Crippen LogP contribution >= 0.6 is 0 Å². The standard InChI is InChI=1S/C22H32N4O2/c27-21(20-14-23-22(28)26-20)25-19-12-10-18(11-13-19)24-17-8-6-16(7-9-17)15-4-2-1-3-5-15/h6-9,15,18-20,24H,1-5,10-14H2,(H,25,27)(H2,23,26,28)/t18?,19?,20-/m1/s1. The lowest BCUT2D eigenvalue weighted by Gasteiger charge is -2.31. The Kier molecular flexibility index (Phi) is 6.03. The van der Waals surface area contributed by atoms with Gasteiger partial charge in [0.1, 0.15) is 6.04 Å². The van der Waals surface area contributed by atoms with Crippen LogP contribution in [0.15, 0.2) is 24.3 Å². The third-order valence-electron chi connectivity index (χ3n) is 6.52.